The van der Waals surface area contributed by atoms with E-state index >= 15 is 0 Å². The molecule has 1 amide bonds. The number of hydrogen-bond donors (Lipinski definition) is 1. The Kier molecular flexibility index (Phi) is 9.68. The molecule has 7 nitrogen and oxygen atoms in total. The van der Waals surface area contributed by atoms with Crippen molar-refractivity contribution in [2.45, 2.75) is 26.9 Å². The van der Waals surface area contributed by atoms with Crippen molar-refractivity contribution in [1.82, 2.24) is 15.2 Å². The number of carbonyl (C=O) groups is 1. The maximum Gasteiger partial charge on any atom is 0.271 e. The average molecular weight is 501 g/mol. The van der Waals surface area contributed by atoms with Gasteiger partial charge in [-0.15, -0.1) is 0 Å². The summed E-state index contributed by atoms with van der Waals surface area (Å²) in [5.41, 5.74) is 6.57. The van der Waals surface area contributed by atoms with Crippen molar-refractivity contribution in [2.75, 3.05) is 39.4 Å². The number of piperazine rings is 1. The molecule has 0 aromatic heterocycles. The Balaban J connectivity index is 1.24. The quantitative estimate of drug-likeness (QED) is 0.309. The fourth-order valence-corrected chi connectivity index (χ4v) is 4.34. The monoisotopic (exact) mass is 500 g/mol. The van der Waals surface area contributed by atoms with E-state index in [1.807, 2.05) is 56.3 Å². The number of hydrazone groups is 1. The van der Waals surface area contributed by atoms with Crippen molar-refractivity contribution < 1.29 is 14.3 Å². The molecule has 4 rings (SSSR count). The molecular formula is C30H36N4O3. The SMILES string of the molecule is CCOc1ccc(/C=N\NC(=O)c2ccc(CN3CCN(Cc4ccccc4)CC3)cc2)cc1OCC. The van der Waals surface area contributed by atoms with Crippen LogP contribution in [0.5, 0.6) is 11.5 Å². The van der Waals surface area contributed by atoms with E-state index in [4.69, 9.17) is 9.47 Å². The van der Waals surface area contributed by atoms with Gasteiger partial charge in [0.25, 0.3) is 5.91 Å². The fraction of sp³-hybridized carbons (Fsp3) is 0.333. The van der Waals surface area contributed by atoms with Gasteiger partial charge in [-0.3, -0.25) is 14.6 Å². The third-order valence-corrected chi connectivity index (χ3v) is 6.28. The molecule has 7 heteroatoms. The highest BCUT2D eigenvalue weighted by Crippen LogP contribution is 2.28. The topological polar surface area (TPSA) is 66.4 Å². The molecule has 1 fully saturated rings. The van der Waals surface area contributed by atoms with E-state index in [1.165, 1.54) is 11.1 Å². The molecule has 37 heavy (non-hydrogen) atoms. The van der Waals surface area contributed by atoms with Gasteiger partial charge in [0.1, 0.15) is 0 Å². The molecule has 0 atom stereocenters. The number of hydrogen-bond acceptors (Lipinski definition) is 6. The number of ether oxygens (including phenoxy) is 2. The van der Waals surface area contributed by atoms with E-state index in [0.29, 0.717) is 30.3 Å². The van der Waals surface area contributed by atoms with Crippen LogP contribution in [0.15, 0.2) is 77.9 Å². The molecule has 1 heterocycles. The number of amides is 1. The van der Waals surface area contributed by atoms with Crippen LogP contribution in [0, 0.1) is 0 Å². The van der Waals surface area contributed by atoms with Crippen LogP contribution in [-0.4, -0.2) is 61.3 Å². The highest BCUT2D eigenvalue weighted by Gasteiger charge is 2.17. The Morgan fingerprint density at radius 2 is 1.41 bits per heavy atom. The number of rotatable bonds is 11. The molecule has 0 saturated carbocycles. The average Bonchev–Trinajstić information content (AvgIpc) is 2.92. The summed E-state index contributed by atoms with van der Waals surface area (Å²) in [4.78, 5) is 17.5. The highest BCUT2D eigenvalue weighted by atomic mass is 16.5. The third kappa shape index (κ3) is 7.90. The molecule has 0 unspecified atom stereocenters. The summed E-state index contributed by atoms with van der Waals surface area (Å²) in [6.07, 6.45) is 1.60. The number of carbonyl (C=O) groups excluding carboxylic acids is 1. The Labute approximate surface area is 219 Å². The van der Waals surface area contributed by atoms with Gasteiger partial charge in [0.2, 0.25) is 0 Å². The maximum absolute atomic E-state index is 12.5. The summed E-state index contributed by atoms with van der Waals surface area (Å²) in [5, 5.41) is 4.11. The lowest BCUT2D eigenvalue weighted by Crippen LogP contribution is -2.45. The zero-order valence-electron chi connectivity index (χ0n) is 21.7. The minimum Gasteiger partial charge on any atom is -0.490 e. The van der Waals surface area contributed by atoms with Crippen LogP contribution in [0.4, 0.5) is 0 Å². The van der Waals surface area contributed by atoms with Gasteiger partial charge in [-0.1, -0.05) is 42.5 Å². The van der Waals surface area contributed by atoms with Gasteiger partial charge in [-0.25, -0.2) is 5.43 Å². The molecular weight excluding hydrogens is 464 g/mol. The van der Waals surface area contributed by atoms with E-state index in [9.17, 15) is 4.79 Å². The van der Waals surface area contributed by atoms with Gasteiger partial charge < -0.3 is 9.47 Å². The minimum atomic E-state index is -0.242. The highest BCUT2D eigenvalue weighted by molar-refractivity contribution is 5.95. The second-order valence-corrected chi connectivity index (χ2v) is 9.01. The number of nitrogens with zero attached hydrogens (tertiary/aromatic N) is 3. The molecule has 1 aliphatic heterocycles. The van der Waals surface area contributed by atoms with Crippen LogP contribution >= 0.6 is 0 Å². The van der Waals surface area contributed by atoms with E-state index in [0.717, 1.165) is 44.8 Å². The third-order valence-electron chi connectivity index (χ3n) is 6.28. The standard InChI is InChI=1S/C30H36N4O3/c1-3-36-28-15-12-26(20-29(28)37-4-2)21-31-32-30(35)27-13-10-25(11-14-27)23-34-18-16-33(17-19-34)22-24-8-6-5-7-9-24/h5-15,20-21H,3-4,16-19,22-23H2,1-2H3,(H,32,35)/b31-21-. The number of nitrogens with one attached hydrogen (secondary N) is 1. The summed E-state index contributed by atoms with van der Waals surface area (Å²) in [6.45, 7) is 11.1. The smallest absolute Gasteiger partial charge is 0.271 e. The second kappa shape index (κ2) is 13.6. The molecule has 3 aromatic rings. The van der Waals surface area contributed by atoms with Crippen LogP contribution in [0.25, 0.3) is 0 Å². The van der Waals surface area contributed by atoms with Gasteiger partial charge in [0.15, 0.2) is 11.5 Å². The summed E-state index contributed by atoms with van der Waals surface area (Å²) in [7, 11) is 0. The van der Waals surface area contributed by atoms with E-state index in [-0.39, 0.29) is 5.91 Å². The van der Waals surface area contributed by atoms with Crippen molar-refractivity contribution in [3.63, 3.8) is 0 Å². The van der Waals surface area contributed by atoms with Gasteiger partial charge in [-0.05, 0) is 60.9 Å². The zero-order chi connectivity index (χ0) is 25.9. The lowest BCUT2D eigenvalue weighted by atomic mass is 10.1. The number of benzene rings is 3. The van der Waals surface area contributed by atoms with Crippen molar-refractivity contribution >= 4 is 12.1 Å². The van der Waals surface area contributed by atoms with Gasteiger partial charge in [-0.2, -0.15) is 5.10 Å². The van der Waals surface area contributed by atoms with Gasteiger partial charge in [0, 0.05) is 44.8 Å². The van der Waals surface area contributed by atoms with Crippen LogP contribution in [0.3, 0.4) is 0 Å². The van der Waals surface area contributed by atoms with Gasteiger partial charge in [0.05, 0.1) is 19.4 Å². The molecule has 3 aromatic carbocycles. The first kappa shape index (κ1) is 26.4. The predicted octanol–water partition coefficient (Wildman–Crippen LogP) is 4.57. The molecule has 0 spiro atoms. The predicted molar refractivity (Wildman–Crippen MR) is 147 cm³/mol. The Morgan fingerprint density at radius 3 is 2.03 bits per heavy atom. The van der Waals surface area contributed by atoms with Gasteiger partial charge >= 0.3 is 0 Å². The van der Waals surface area contributed by atoms with Crippen LogP contribution in [-0.2, 0) is 13.1 Å². The normalized spacial score (nSPS) is 14.5. The second-order valence-electron chi connectivity index (χ2n) is 9.01. The molecule has 1 aliphatic rings. The van der Waals surface area contributed by atoms with Crippen LogP contribution < -0.4 is 14.9 Å². The van der Waals surface area contributed by atoms with E-state index < -0.39 is 0 Å². The molecule has 0 aliphatic carbocycles. The molecule has 194 valence electrons. The van der Waals surface area contributed by atoms with Crippen LogP contribution in [0.1, 0.15) is 40.9 Å². The van der Waals surface area contributed by atoms with Crippen LogP contribution in [0.2, 0.25) is 0 Å². The lowest BCUT2D eigenvalue weighted by molar-refractivity contribution is 0.0955. The molecule has 1 N–H and O–H groups in total. The van der Waals surface area contributed by atoms with Crippen molar-refractivity contribution in [2.24, 2.45) is 5.10 Å². The largest absolute Gasteiger partial charge is 0.490 e. The van der Waals surface area contributed by atoms with Crippen molar-refractivity contribution in [3.05, 3.63) is 95.1 Å². The first-order chi connectivity index (χ1) is 18.1. The fourth-order valence-electron chi connectivity index (χ4n) is 4.34. The summed E-state index contributed by atoms with van der Waals surface area (Å²) >= 11 is 0. The lowest BCUT2D eigenvalue weighted by Gasteiger charge is -2.34. The minimum absolute atomic E-state index is 0.242. The van der Waals surface area contributed by atoms with E-state index in [1.54, 1.807) is 6.21 Å². The van der Waals surface area contributed by atoms with Crippen molar-refractivity contribution in [3.8, 4) is 11.5 Å². The first-order valence-corrected chi connectivity index (χ1v) is 12.9. The maximum atomic E-state index is 12.5. The zero-order valence-corrected chi connectivity index (χ0v) is 21.7. The Hall–Kier alpha value is -3.68. The van der Waals surface area contributed by atoms with Crippen molar-refractivity contribution in [1.29, 1.82) is 0 Å². The molecule has 0 radical (unpaired) electrons. The summed E-state index contributed by atoms with van der Waals surface area (Å²) < 4.78 is 11.2. The summed E-state index contributed by atoms with van der Waals surface area (Å²) in [6, 6.07) is 24.0. The first-order valence-electron chi connectivity index (χ1n) is 12.9. The Bertz CT molecular complexity index is 1160. The summed E-state index contributed by atoms with van der Waals surface area (Å²) in [5.74, 6) is 1.11. The molecule has 1 saturated heterocycles. The molecule has 0 bridgehead atoms. The van der Waals surface area contributed by atoms with E-state index in [2.05, 4.69) is 50.7 Å². The Morgan fingerprint density at radius 1 is 0.811 bits per heavy atom.